The van der Waals surface area contributed by atoms with Crippen LogP contribution in [0.3, 0.4) is 0 Å². The molecule has 1 spiro atoms. The zero-order valence-corrected chi connectivity index (χ0v) is 21.6. The first kappa shape index (κ1) is 25.3. The number of pyridine rings is 1. The van der Waals surface area contributed by atoms with E-state index < -0.39 is 5.97 Å². The number of hydrogen-bond donors (Lipinski definition) is 2. The zero-order chi connectivity index (χ0) is 25.7. The summed E-state index contributed by atoms with van der Waals surface area (Å²) in [5.41, 5.74) is 2.07. The van der Waals surface area contributed by atoms with Crippen LogP contribution in [0, 0.1) is 11.3 Å². The molecule has 3 aromatic rings. The second kappa shape index (κ2) is 11.4. The van der Waals surface area contributed by atoms with Crippen molar-refractivity contribution in [1.82, 2.24) is 15.2 Å². The van der Waals surface area contributed by atoms with E-state index in [0.29, 0.717) is 40.7 Å². The van der Waals surface area contributed by atoms with Gasteiger partial charge in [0.15, 0.2) is 0 Å². The number of benzene rings is 1. The lowest BCUT2D eigenvalue weighted by molar-refractivity contribution is -0.138. The highest BCUT2D eigenvalue weighted by molar-refractivity contribution is 7.13. The maximum atomic E-state index is 12.6. The summed E-state index contributed by atoms with van der Waals surface area (Å²) in [6.07, 6.45) is 11.2. The highest BCUT2D eigenvalue weighted by Crippen LogP contribution is 2.49. The maximum absolute atomic E-state index is 12.6. The van der Waals surface area contributed by atoms with E-state index in [0.717, 1.165) is 61.9 Å². The van der Waals surface area contributed by atoms with Crippen LogP contribution in [0.5, 0.6) is 5.88 Å². The zero-order valence-electron chi connectivity index (χ0n) is 20.8. The van der Waals surface area contributed by atoms with Gasteiger partial charge in [0.2, 0.25) is 10.9 Å². The lowest BCUT2D eigenvalue weighted by atomic mass is 9.62. The van der Waals surface area contributed by atoms with E-state index in [1.807, 2.05) is 30.3 Å². The van der Waals surface area contributed by atoms with Crippen LogP contribution < -0.4 is 10.1 Å². The van der Waals surface area contributed by atoms with Gasteiger partial charge in [-0.3, -0.25) is 9.59 Å². The lowest BCUT2D eigenvalue weighted by Crippen LogP contribution is -2.35. The number of aliphatic carboxylic acids is 1. The number of carbonyl (C=O) groups excluding carboxylic acids is 1. The van der Waals surface area contributed by atoms with Gasteiger partial charge < -0.3 is 15.2 Å². The molecule has 0 aliphatic heterocycles. The first-order chi connectivity index (χ1) is 18.0. The fourth-order valence-corrected chi connectivity index (χ4v) is 6.40. The van der Waals surface area contributed by atoms with Crippen LogP contribution >= 0.6 is 11.3 Å². The smallest absolute Gasteiger partial charge is 0.303 e. The van der Waals surface area contributed by atoms with Gasteiger partial charge in [0.05, 0.1) is 11.9 Å². The van der Waals surface area contributed by atoms with Gasteiger partial charge in [-0.1, -0.05) is 41.7 Å². The van der Waals surface area contributed by atoms with E-state index in [9.17, 15) is 9.59 Å². The quantitative estimate of drug-likeness (QED) is 0.389. The first-order valence-electron chi connectivity index (χ1n) is 13.0. The largest absolute Gasteiger partial charge is 0.481 e. The first-order valence-corrected chi connectivity index (χ1v) is 13.8. The molecule has 0 bridgehead atoms. The fraction of sp³-hybridized carbons (Fsp3) is 0.464. The minimum atomic E-state index is -0.677. The Morgan fingerprint density at radius 1 is 1.00 bits per heavy atom. The number of anilines is 1. The van der Waals surface area contributed by atoms with Crippen LogP contribution in [0.2, 0.25) is 0 Å². The standard InChI is InChI=1S/C28H32N4O4S/c33-25(34)17-20-8-12-28(13-9-20)14-10-22(11-15-28)36-23-7-6-21(18-29-23)30-26(35)27-32-31-24(37-27)16-19-4-2-1-3-5-19/h1-7,18,20,22H,8-17H2,(H,30,35)(H,33,34). The summed E-state index contributed by atoms with van der Waals surface area (Å²) in [6.45, 7) is 0. The summed E-state index contributed by atoms with van der Waals surface area (Å²) in [4.78, 5) is 28.0. The number of rotatable bonds is 8. The van der Waals surface area contributed by atoms with Crippen LogP contribution in [-0.2, 0) is 11.2 Å². The van der Waals surface area contributed by atoms with Crippen molar-refractivity contribution in [1.29, 1.82) is 0 Å². The van der Waals surface area contributed by atoms with Gasteiger partial charge >= 0.3 is 5.97 Å². The molecule has 2 aromatic heterocycles. The molecule has 5 rings (SSSR count). The monoisotopic (exact) mass is 520 g/mol. The van der Waals surface area contributed by atoms with Crippen molar-refractivity contribution < 1.29 is 19.4 Å². The molecule has 2 aliphatic carbocycles. The van der Waals surface area contributed by atoms with Crippen molar-refractivity contribution in [3.8, 4) is 5.88 Å². The van der Waals surface area contributed by atoms with Crippen molar-refractivity contribution in [2.24, 2.45) is 11.3 Å². The van der Waals surface area contributed by atoms with E-state index in [1.54, 1.807) is 18.3 Å². The molecule has 2 saturated carbocycles. The summed E-state index contributed by atoms with van der Waals surface area (Å²) in [7, 11) is 0. The number of hydrogen-bond acceptors (Lipinski definition) is 7. The van der Waals surface area contributed by atoms with Gasteiger partial charge in [0.1, 0.15) is 11.1 Å². The Kier molecular flexibility index (Phi) is 7.79. The Morgan fingerprint density at radius 3 is 2.41 bits per heavy atom. The van der Waals surface area contributed by atoms with E-state index in [1.165, 1.54) is 11.3 Å². The third kappa shape index (κ3) is 6.71. The summed E-state index contributed by atoms with van der Waals surface area (Å²) in [6, 6.07) is 13.6. The summed E-state index contributed by atoms with van der Waals surface area (Å²) in [5.74, 6) is -0.0825. The van der Waals surface area contributed by atoms with Crippen molar-refractivity contribution in [2.75, 3.05) is 5.32 Å². The Labute approximate surface area is 220 Å². The number of nitrogens with zero attached hydrogens (tertiary/aromatic N) is 3. The van der Waals surface area contributed by atoms with Crippen LogP contribution in [-0.4, -0.2) is 38.3 Å². The Hall–Kier alpha value is -3.33. The molecule has 0 radical (unpaired) electrons. The molecule has 2 aliphatic rings. The van der Waals surface area contributed by atoms with Crippen molar-refractivity contribution >= 4 is 28.9 Å². The third-order valence-corrected chi connectivity index (χ3v) is 8.69. The molecule has 37 heavy (non-hydrogen) atoms. The molecular formula is C28H32N4O4S. The number of nitrogens with one attached hydrogen (secondary N) is 1. The van der Waals surface area contributed by atoms with Crippen molar-refractivity contribution in [3.05, 3.63) is 64.2 Å². The van der Waals surface area contributed by atoms with Crippen LogP contribution in [0.4, 0.5) is 5.69 Å². The minimum absolute atomic E-state index is 0.139. The number of amides is 1. The van der Waals surface area contributed by atoms with Gasteiger partial charge in [-0.05, 0) is 74.3 Å². The molecule has 194 valence electrons. The molecule has 2 fully saturated rings. The molecule has 1 amide bonds. The predicted octanol–water partition coefficient (Wildman–Crippen LogP) is 5.75. The number of carbonyl (C=O) groups is 2. The van der Waals surface area contributed by atoms with Gasteiger partial charge in [-0.15, -0.1) is 10.2 Å². The number of aromatic nitrogens is 3. The minimum Gasteiger partial charge on any atom is -0.481 e. The number of carboxylic acids is 1. The van der Waals surface area contributed by atoms with E-state index in [-0.39, 0.29) is 12.0 Å². The molecular weight excluding hydrogens is 488 g/mol. The van der Waals surface area contributed by atoms with Crippen LogP contribution in [0.1, 0.15) is 78.2 Å². The Balaban J connectivity index is 1.08. The third-order valence-electron chi connectivity index (χ3n) is 7.76. The SMILES string of the molecule is O=C(O)CC1CCC2(CC1)CCC(Oc1ccc(NC(=O)c3nnc(Cc4ccccc4)s3)cn1)CC2. The highest BCUT2D eigenvalue weighted by Gasteiger charge is 2.39. The van der Waals surface area contributed by atoms with Gasteiger partial charge in [-0.25, -0.2) is 4.98 Å². The molecule has 0 saturated heterocycles. The van der Waals surface area contributed by atoms with Crippen molar-refractivity contribution in [3.63, 3.8) is 0 Å². The second-order valence-corrected chi connectivity index (χ2v) is 11.4. The molecule has 9 heteroatoms. The average Bonchev–Trinajstić information content (AvgIpc) is 3.37. The van der Waals surface area contributed by atoms with E-state index >= 15 is 0 Å². The Bertz CT molecular complexity index is 1200. The van der Waals surface area contributed by atoms with E-state index in [4.69, 9.17) is 9.84 Å². The maximum Gasteiger partial charge on any atom is 0.303 e. The number of ether oxygens (including phenoxy) is 1. The predicted molar refractivity (Wildman–Crippen MR) is 141 cm³/mol. The molecule has 0 atom stereocenters. The number of carboxylic acid groups (broad SMARTS) is 1. The summed E-state index contributed by atoms with van der Waals surface area (Å²) in [5, 5.41) is 21.2. The summed E-state index contributed by atoms with van der Waals surface area (Å²) >= 11 is 1.29. The Morgan fingerprint density at radius 2 is 1.73 bits per heavy atom. The van der Waals surface area contributed by atoms with E-state index in [2.05, 4.69) is 20.5 Å². The van der Waals surface area contributed by atoms with Crippen LogP contribution in [0.15, 0.2) is 48.7 Å². The highest BCUT2D eigenvalue weighted by atomic mass is 32.1. The van der Waals surface area contributed by atoms with Crippen molar-refractivity contribution in [2.45, 2.75) is 70.3 Å². The van der Waals surface area contributed by atoms with Gasteiger partial charge in [0.25, 0.3) is 5.91 Å². The lowest BCUT2D eigenvalue weighted by Gasteiger charge is -2.44. The molecule has 1 aromatic carbocycles. The van der Waals surface area contributed by atoms with Gasteiger partial charge in [-0.2, -0.15) is 0 Å². The average molecular weight is 521 g/mol. The molecule has 0 unspecified atom stereocenters. The second-order valence-electron chi connectivity index (χ2n) is 10.4. The summed E-state index contributed by atoms with van der Waals surface area (Å²) < 4.78 is 6.15. The molecule has 2 N–H and O–H groups in total. The van der Waals surface area contributed by atoms with Gasteiger partial charge in [0, 0.05) is 18.9 Å². The normalized spacial score (nSPS) is 23.5. The molecule has 2 heterocycles. The fourth-order valence-electron chi connectivity index (χ4n) is 5.63. The topological polar surface area (TPSA) is 114 Å². The van der Waals surface area contributed by atoms with Crippen LogP contribution in [0.25, 0.3) is 0 Å². The molecule has 8 nitrogen and oxygen atoms in total.